The molecule has 0 aliphatic carbocycles. The summed E-state index contributed by atoms with van der Waals surface area (Å²) in [6, 6.07) is 8.25. The third kappa shape index (κ3) is 2.51. The van der Waals surface area contributed by atoms with Gasteiger partial charge in [0.25, 0.3) is 0 Å². The van der Waals surface area contributed by atoms with E-state index in [-0.39, 0.29) is 5.25 Å². The molecule has 1 aromatic heterocycles. The number of nitriles is 1. The van der Waals surface area contributed by atoms with Crippen molar-refractivity contribution < 1.29 is 0 Å². The topological polar surface area (TPSA) is 67.4 Å². The van der Waals surface area contributed by atoms with Crippen molar-refractivity contribution in [2.75, 3.05) is 0 Å². The summed E-state index contributed by atoms with van der Waals surface area (Å²) in [6.45, 7) is 5.89. The lowest BCUT2D eigenvalue weighted by molar-refractivity contribution is 0.751. The Kier molecular flexibility index (Phi) is 3.63. The summed E-state index contributed by atoms with van der Waals surface area (Å²) in [5.74, 6) is 0. The second-order valence-corrected chi connectivity index (χ2v) is 5.36. The zero-order chi connectivity index (χ0) is 13.1. The van der Waals surface area contributed by atoms with Crippen molar-refractivity contribution in [2.45, 2.75) is 31.2 Å². The average molecular weight is 259 g/mol. The van der Waals surface area contributed by atoms with Crippen LogP contribution in [0.15, 0.2) is 23.4 Å². The van der Waals surface area contributed by atoms with Crippen LogP contribution >= 0.6 is 11.8 Å². The van der Waals surface area contributed by atoms with Gasteiger partial charge in [-0.15, -0.1) is 5.10 Å². The molecule has 0 N–H and O–H groups in total. The fraction of sp³-hybridized carbons (Fsp3) is 0.333. The van der Waals surface area contributed by atoms with E-state index in [4.69, 9.17) is 5.26 Å². The predicted octanol–water partition coefficient (Wildman–Crippen LogP) is 2.28. The molecule has 0 fully saturated rings. The number of tetrazole rings is 1. The van der Waals surface area contributed by atoms with Gasteiger partial charge in [0.05, 0.1) is 17.0 Å². The van der Waals surface area contributed by atoms with Crippen LogP contribution in [0.3, 0.4) is 0 Å². The Hall–Kier alpha value is -1.87. The second kappa shape index (κ2) is 5.19. The monoisotopic (exact) mass is 259 g/mol. The Morgan fingerprint density at radius 1 is 1.39 bits per heavy atom. The van der Waals surface area contributed by atoms with Crippen molar-refractivity contribution in [3.63, 3.8) is 0 Å². The molecule has 0 bridgehead atoms. The highest BCUT2D eigenvalue weighted by molar-refractivity contribution is 8.00. The molecule has 18 heavy (non-hydrogen) atoms. The number of thioether (sulfide) groups is 1. The van der Waals surface area contributed by atoms with Gasteiger partial charge in [-0.1, -0.05) is 29.5 Å². The first-order valence-corrected chi connectivity index (χ1v) is 6.42. The molecule has 0 amide bonds. The summed E-state index contributed by atoms with van der Waals surface area (Å²) < 4.78 is 1.67. The van der Waals surface area contributed by atoms with Crippen LogP contribution in [0.2, 0.25) is 0 Å². The van der Waals surface area contributed by atoms with Gasteiger partial charge in [0, 0.05) is 0 Å². The molecule has 2 aromatic rings. The highest BCUT2D eigenvalue weighted by atomic mass is 32.2. The molecular formula is C12H13N5S. The largest absolute Gasteiger partial charge is 0.215 e. The fourth-order valence-electron chi connectivity index (χ4n) is 1.63. The summed E-state index contributed by atoms with van der Waals surface area (Å²) >= 11 is 1.35. The zero-order valence-corrected chi connectivity index (χ0v) is 11.3. The molecule has 1 heterocycles. The maximum Gasteiger partial charge on any atom is 0.215 e. The van der Waals surface area contributed by atoms with E-state index in [2.05, 4.69) is 27.7 Å². The minimum absolute atomic E-state index is 0.180. The molecule has 0 spiro atoms. The molecule has 5 nitrogen and oxygen atoms in total. The minimum atomic E-state index is -0.180. The molecule has 92 valence electrons. The third-order valence-corrected chi connectivity index (χ3v) is 3.41. The summed E-state index contributed by atoms with van der Waals surface area (Å²) in [7, 11) is 0. The number of aryl methyl sites for hydroxylation is 2. The predicted molar refractivity (Wildman–Crippen MR) is 69.6 cm³/mol. The van der Waals surface area contributed by atoms with Crippen LogP contribution in [0.4, 0.5) is 0 Å². The lowest BCUT2D eigenvalue weighted by Crippen LogP contribution is -2.03. The lowest BCUT2D eigenvalue weighted by atomic mass is 10.1. The fourth-order valence-corrected chi connectivity index (χ4v) is 2.32. The van der Waals surface area contributed by atoms with Gasteiger partial charge >= 0.3 is 0 Å². The quantitative estimate of drug-likeness (QED) is 0.791. The molecule has 1 aromatic carbocycles. The van der Waals surface area contributed by atoms with Gasteiger partial charge in [-0.2, -0.15) is 9.94 Å². The van der Waals surface area contributed by atoms with Crippen LogP contribution < -0.4 is 0 Å². The van der Waals surface area contributed by atoms with E-state index < -0.39 is 0 Å². The van der Waals surface area contributed by atoms with Crippen molar-refractivity contribution in [2.24, 2.45) is 0 Å². The van der Waals surface area contributed by atoms with Crippen LogP contribution in [-0.2, 0) is 0 Å². The van der Waals surface area contributed by atoms with Crippen molar-refractivity contribution >= 4 is 11.8 Å². The SMILES string of the molecule is Cc1ccc(-n2nnnc2S[C@@H](C)C#N)c(C)c1. The first-order valence-electron chi connectivity index (χ1n) is 5.54. The van der Waals surface area contributed by atoms with Crippen LogP contribution in [0.25, 0.3) is 5.69 Å². The Morgan fingerprint density at radius 3 is 2.83 bits per heavy atom. The smallest absolute Gasteiger partial charge is 0.197 e. The van der Waals surface area contributed by atoms with Gasteiger partial charge in [0.2, 0.25) is 5.16 Å². The molecule has 0 saturated heterocycles. The first-order chi connectivity index (χ1) is 8.61. The number of hydrogen-bond acceptors (Lipinski definition) is 5. The van der Waals surface area contributed by atoms with Crippen molar-refractivity contribution in [1.29, 1.82) is 5.26 Å². The van der Waals surface area contributed by atoms with Gasteiger partial charge in [0.1, 0.15) is 0 Å². The molecule has 0 unspecified atom stereocenters. The van der Waals surface area contributed by atoms with Crippen LogP contribution in [0.5, 0.6) is 0 Å². The third-order valence-electron chi connectivity index (χ3n) is 2.49. The van der Waals surface area contributed by atoms with E-state index in [1.54, 1.807) is 4.68 Å². The lowest BCUT2D eigenvalue weighted by Gasteiger charge is -2.08. The zero-order valence-electron chi connectivity index (χ0n) is 10.5. The van der Waals surface area contributed by atoms with E-state index in [0.29, 0.717) is 5.16 Å². The Bertz CT molecular complexity index is 599. The van der Waals surface area contributed by atoms with E-state index >= 15 is 0 Å². The number of aromatic nitrogens is 4. The molecule has 1 atom stereocenters. The molecular weight excluding hydrogens is 246 g/mol. The Morgan fingerprint density at radius 2 is 2.17 bits per heavy atom. The number of nitrogens with zero attached hydrogens (tertiary/aromatic N) is 5. The Labute approximate surface area is 110 Å². The number of rotatable bonds is 3. The summed E-state index contributed by atoms with van der Waals surface area (Å²) in [6.07, 6.45) is 0. The van der Waals surface area contributed by atoms with Gasteiger partial charge in [-0.3, -0.25) is 0 Å². The second-order valence-electron chi connectivity index (χ2n) is 4.05. The van der Waals surface area contributed by atoms with Gasteiger partial charge in [0.15, 0.2) is 0 Å². The molecule has 0 radical (unpaired) electrons. The van der Waals surface area contributed by atoms with Crippen molar-refractivity contribution in [3.8, 4) is 11.8 Å². The number of hydrogen-bond donors (Lipinski definition) is 0. The molecule has 6 heteroatoms. The standard InChI is InChI=1S/C12H13N5S/c1-8-4-5-11(9(2)6-8)17-12(14-15-16-17)18-10(3)7-13/h4-6,10H,1-3H3/t10-/m0/s1. The average Bonchev–Trinajstić information content (AvgIpc) is 2.77. The Balaban J connectivity index is 2.40. The van der Waals surface area contributed by atoms with E-state index in [1.165, 1.54) is 17.3 Å². The van der Waals surface area contributed by atoms with E-state index in [0.717, 1.165) is 11.3 Å². The number of benzene rings is 1. The van der Waals surface area contributed by atoms with Gasteiger partial charge in [-0.25, -0.2) is 0 Å². The molecule has 0 aliphatic heterocycles. The highest BCUT2D eigenvalue weighted by Crippen LogP contribution is 2.24. The van der Waals surface area contributed by atoms with Gasteiger partial charge in [-0.05, 0) is 42.8 Å². The van der Waals surface area contributed by atoms with Crippen molar-refractivity contribution in [1.82, 2.24) is 20.2 Å². The van der Waals surface area contributed by atoms with E-state index in [1.807, 2.05) is 32.9 Å². The van der Waals surface area contributed by atoms with E-state index in [9.17, 15) is 0 Å². The normalized spacial score (nSPS) is 12.1. The highest BCUT2D eigenvalue weighted by Gasteiger charge is 2.14. The van der Waals surface area contributed by atoms with Crippen LogP contribution in [-0.4, -0.2) is 25.5 Å². The van der Waals surface area contributed by atoms with Crippen LogP contribution in [0, 0.1) is 25.2 Å². The molecule has 2 rings (SSSR count). The van der Waals surface area contributed by atoms with Gasteiger partial charge < -0.3 is 0 Å². The maximum absolute atomic E-state index is 8.84. The molecule has 0 saturated carbocycles. The molecule has 0 aliphatic rings. The summed E-state index contributed by atoms with van der Waals surface area (Å²) in [5, 5.41) is 20.9. The maximum atomic E-state index is 8.84. The summed E-state index contributed by atoms with van der Waals surface area (Å²) in [4.78, 5) is 0. The first kappa shape index (κ1) is 12.6. The van der Waals surface area contributed by atoms with Crippen molar-refractivity contribution in [3.05, 3.63) is 29.3 Å². The summed E-state index contributed by atoms with van der Waals surface area (Å²) in [5.41, 5.74) is 3.25. The minimum Gasteiger partial charge on any atom is -0.197 e. The van der Waals surface area contributed by atoms with Crippen LogP contribution in [0.1, 0.15) is 18.1 Å².